The van der Waals surface area contributed by atoms with Crippen molar-refractivity contribution in [3.63, 3.8) is 0 Å². The number of nitrogens with zero attached hydrogens (tertiary/aromatic N) is 3. The number of benzene rings is 1. The highest BCUT2D eigenvalue weighted by Crippen LogP contribution is 2.19. The fraction of sp³-hybridized carbons (Fsp3) is 0.273. The van der Waals surface area contributed by atoms with Gasteiger partial charge in [-0.15, -0.1) is 5.10 Å². The first-order valence-corrected chi connectivity index (χ1v) is 5.10. The van der Waals surface area contributed by atoms with E-state index in [0.29, 0.717) is 17.7 Å². The van der Waals surface area contributed by atoms with Gasteiger partial charge in [-0.2, -0.15) is 0 Å². The molecule has 90 valence electrons. The lowest BCUT2D eigenvalue weighted by Crippen LogP contribution is -2.04. The summed E-state index contributed by atoms with van der Waals surface area (Å²) in [6.07, 6.45) is 1.70. The van der Waals surface area contributed by atoms with Crippen LogP contribution in [0.15, 0.2) is 18.3 Å². The van der Waals surface area contributed by atoms with Gasteiger partial charge in [-0.05, 0) is 18.6 Å². The van der Waals surface area contributed by atoms with Gasteiger partial charge in [0.2, 0.25) is 0 Å². The summed E-state index contributed by atoms with van der Waals surface area (Å²) in [5.74, 6) is -1.36. The number of aryl methyl sites for hydroxylation is 1. The van der Waals surface area contributed by atoms with E-state index in [1.807, 2.05) is 0 Å². The average Bonchev–Trinajstić information content (AvgIpc) is 2.73. The minimum atomic E-state index is -0.700. The maximum absolute atomic E-state index is 13.8. The molecule has 1 heterocycles. The molecule has 0 radical (unpaired) electrons. The van der Waals surface area contributed by atoms with Crippen LogP contribution in [0.2, 0.25) is 0 Å². The zero-order valence-corrected chi connectivity index (χ0v) is 9.19. The maximum Gasteiger partial charge on any atom is 0.154 e. The predicted octanol–water partition coefficient (Wildman–Crippen LogP) is 1.39. The molecule has 0 saturated heterocycles. The molecule has 0 atom stereocenters. The van der Waals surface area contributed by atoms with Gasteiger partial charge in [0.05, 0.1) is 11.9 Å². The first-order valence-electron chi connectivity index (χ1n) is 5.10. The second-order valence-electron chi connectivity index (χ2n) is 3.65. The van der Waals surface area contributed by atoms with Gasteiger partial charge in [-0.1, -0.05) is 11.3 Å². The molecule has 6 heteroatoms. The van der Waals surface area contributed by atoms with Gasteiger partial charge in [0.25, 0.3) is 0 Å². The van der Waals surface area contributed by atoms with E-state index in [2.05, 4.69) is 10.3 Å². The third kappa shape index (κ3) is 2.16. The Kier molecular flexibility index (Phi) is 3.14. The fourth-order valence-electron chi connectivity index (χ4n) is 1.49. The standard InChI is InChI=1S/C11H11F2N3O/c1-7-2-3-9(12)11(10(7)13)16-6-8(4-5-17)14-15-16/h2-3,6,17H,4-5H2,1H3. The number of hydrogen-bond acceptors (Lipinski definition) is 3. The molecular weight excluding hydrogens is 228 g/mol. The van der Waals surface area contributed by atoms with Crippen molar-refractivity contribution in [1.82, 2.24) is 15.0 Å². The Labute approximate surface area is 96.5 Å². The predicted molar refractivity (Wildman–Crippen MR) is 56.8 cm³/mol. The van der Waals surface area contributed by atoms with Crippen LogP contribution < -0.4 is 0 Å². The first-order chi connectivity index (χ1) is 8.13. The summed E-state index contributed by atoms with van der Waals surface area (Å²) in [5, 5.41) is 16.1. The van der Waals surface area contributed by atoms with E-state index in [0.717, 1.165) is 4.68 Å². The number of aliphatic hydroxyl groups is 1. The van der Waals surface area contributed by atoms with E-state index in [4.69, 9.17) is 5.11 Å². The molecule has 2 rings (SSSR count). The van der Waals surface area contributed by atoms with Crippen LogP contribution >= 0.6 is 0 Å². The van der Waals surface area contributed by atoms with Crippen LogP contribution in [0.4, 0.5) is 8.78 Å². The second kappa shape index (κ2) is 4.58. The molecule has 1 aromatic heterocycles. The Hall–Kier alpha value is -1.82. The minimum Gasteiger partial charge on any atom is -0.396 e. The highest BCUT2D eigenvalue weighted by atomic mass is 19.1. The van der Waals surface area contributed by atoms with Crippen molar-refractivity contribution in [2.75, 3.05) is 6.61 Å². The molecule has 1 aromatic carbocycles. The normalized spacial score (nSPS) is 10.8. The van der Waals surface area contributed by atoms with Gasteiger partial charge in [0, 0.05) is 13.0 Å². The van der Waals surface area contributed by atoms with Gasteiger partial charge in [0.1, 0.15) is 5.69 Å². The number of hydrogen-bond donors (Lipinski definition) is 1. The molecular formula is C11H11F2N3O. The lowest BCUT2D eigenvalue weighted by molar-refractivity contribution is 0.298. The molecule has 0 aliphatic rings. The van der Waals surface area contributed by atoms with E-state index in [1.54, 1.807) is 6.92 Å². The smallest absolute Gasteiger partial charge is 0.154 e. The summed E-state index contributed by atoms with van der Waals surface area (Å²) in [7, 11) is 0. The molecule has 0 spiro atoms. The van der Waals surface area contributed by atoms with Crippen LogP contribution in [-0.2, 0) is 6.42 Å². The average molecular weight is 239 g/mol. The third-order valence-corrected chi connectivity index (χ3v) is 2.40. The Morgan fingerprint density at radius 2 is 2.12 bits per heavy atom. The van der Waals surface area contributed by atoms with Crippen molar-refractivity contribution in [2.45, 2.75) is 13.3 Å². The number of aliphatic hydroxyl groups excluding tert-OH is 1. The summed E-state index contributed by atoms with van der Waals surface area (Å²) in [4.78, 5) is 0. The van der Waals surface area contributed by atoms with Gasteiger partial charge in [-0.3, -0.25) is 0 Å². The van der Waals surface area contributed by atoms with Crippen molar-refractivity contribution in [3.05, 3.63) is 41.2 Å². The zero-order valence-electron chi connectivity index (χ0n) is 9.19. The molecule has 0 saturated carbocycles. The molecule has 0 amide bonds. The lowest BCUT2D eigenvalue weighted by atomic mass is 10.2. The summed E-state index contributed by atoms with van der Waals surface area (Å²) in [6, 6.07) is 2.54. The van der Waals surface area contributed by atoms with Crippen LogP contribution in [0.3, 0.4) is 0 Å². The monoisotopic (exact) mass is 239 g/mol. The largest absolute Gasteiger partial charge is 0.396 e. The van der Waals surface area contributed by atoms with E-state index in [1.165, 1.54) is 18.3 Å². The topological polar surface area (TPSA) is 50.9 Å². The van der Waals surface area contributed by atoms with Gasteiger partial charge in [0.15, 0.2) is 11.6 Å². The quantitative estimate of drug-likeness (QED) is 0.880. The molecule has 1 N–H and O–H groups in total. The Morgan fingerprint density at radius 1 is 1.35 bits per heavy atom. The number of halogens is 2. The van der Waals surface area contributed by atoms with Crippen molar-refractivity contribution in [3.8, 4) is 5.69 Å². The van der Waals surface area contributed by atoms with Crippen molar-refractivity contribution >= 4 is 0 Å². The van der Waals surface area contributed by atoms with Crippen LogP contribution in [0.1, 0.15) is 11.3 Å². The lowest BCUT2D eigenvalue weighted by Gasteiger charge is -2.05. The molecule has 0 aliphatic carbocycles. The summed E-state index contributed by atoms with van der Waals surface area (Å²) >= 11 is 0. The SMILES string of the molecule is Cc1ccc(F)c(-n2cc(CCO)nn2)c1F. The highest BCUT2D eigenvalue weighted by molar-refractivity contribution is 5.38. The summed E-state index contributed by atoms with van der Waals surface area (Å²) in [5.41, 5.74) is 0.565. The Morgan fingerprint density at radius 3 is 2.82 bits per heavy atom. The molecule has 0 bridgehead atoms. The van der Waals surface area contributed by atoms with Gasteiger partial charge in [-0.25, -0.2) is 13.5 Å². The zero-order chi connectivity index (χ0) is 12.4. The third-order valence-electron chi connectivity index (χ3n) is 2.40. The summed E-state index contributed by atoms with van der Waals surface area (Å²) in [6.45, 7) is 1.46. The first kappa shape index (κ1) is 11.7. The van der Waals surface area contributed by atoms with E-state index in [-0.39, 0.29) is 12.3 Å². The fourth-order valence-corrected chi connectivity index (χ4v) is 1.49. The van der Waals surface area contributed by atoms with E-state index < -0.39 is 11.6 Å². The van der Waals surface area contributed by atoms with Crippen molar-refractivity contribution < 1.29 is 13.9 Å². The molecule has 2 aromatic rings. The second-order valence-corrected chi connectivity index (χ2v) is 3.65. The summed E-state index contributed by atoms with van der Waals surface area (Å²) < 4.78 is 28.3. The highest BCUT2D eigenvalue weighted by Gasteiger charge is 2.15. The minimum absolute atomic E-state index is 0.0858. The van der Waals surface area contributed by atoms with Crippen molar-refractivity contribution in [1.29, 1.82) is 0 Å². The molecule has 0 fully saturated rings. The van der Waals surface area contributed by atoms with Gasteiger partial charge >= 0.3 is 0 Å². The van der Waals surface area contributed by atoms with Crippen LogP contribution in [0, 0.1) is 18.6 Å². The van der Waals surface area contributed by atoms with Crippen LogP contribution in [-0.4, -0.2) is 26.7 Å². The van der Waals surface area contributed by atoms with E-state index >= 15 is 0 Å². The van der Waals surface area contributed by atoms with E-state index in [9.17, 15) is 8.78 Å². The maximum atomic E-state index is 13.8. The van der Waals surface area contributed by atoms with Gasteiger partial charge < -0.3 is 5.11 Å². The molecule has 17 heavy (non-hydrogen) atoms. The van der Waals surface area contributed by atoms with Crippen LogP contribution in [0.25, 0.3) is 5.69 Å². The molecule has 0 unspecified atom stereocenters. The van der Waals surface area contributed by atoms with Crippen molar-refractivity contribution in [2.24, 2.45) is 0 Å². The Bertz CT molecular complexity index is 540. The van der Waals surface area contributed by atoms with Crippen LogP contribution in [0.5, 0.6) is 0 Å². The molecule has 4 nitrogen and oxygen atoms in total. The number of aromatic nitrogens is 3. The number of rotatable bonds is 3. The Balaban J connectivity index is 2.48. The molecule has 0 aliphatic heterocycles.